The second kappa shape index (κ2) is 63.6. The molecule has 75 heavy (non-hydrogen) atoms. The average molecular weight is 1050 g/mol. The molecule has 6 nitrogen and oxygen atoms in total. The van der Waals surface area contributed by atoms with E-state index in [0.717, 1.165) is 77.0 Å². The number of allylic oxidation sites excluding steroid dienone is 10. The van der Waals surface area contributed by atoms with Crippen LogP contribution in [0.25, 0.3) is 0 Å². The number of hydrogen-bond donors (Lipinski definition) is 0. The fraction of sp³-hybridized carbons (Fsp3) is 0.812. The lowest BCUT2D eigenvalue weighted by Crippen LogP contribution is -2.30. The van der Waals surface area contributed by atoms with Gasteiger partial charge in [0.15, 0.2) is 6.10 Å². The summed E-state index contributed by atoms with van der Waals surface area (Å²) in [6.07, 6.45) is 81.1. The van der Waals surface area contributed by atoms with E-state index in [2.05, 4.69) is 81.5 Å². The predicted molar refractivity (Wildman–Crippen MR) is 325 cm³/mol. The second-order valence-corrected chi connectivity index (χ2v) is 22.0. The molecule has 0 amide bonds. The minimum absolute atomic E-state index is 0.0924. The molecule has 0 aliphatic rings. The minimum atomic E-state index is -0.801. The Hall–Kier alpha value is -2.89. The van der Waals surface area contributed by atoms with Gasteiger partial charge in [-0.3, -0.25) is 14.4 Å². The lowest BCUT2D eigenvalue weighted by atomic mass is 10.0. The Morgan fingerprint density at radius 2 is 0.520 bits per heavy atom. The summed E-state index contributed by atoms with van der Waals surface area (Å²) < 4.78 is 16.9. The van der Waals surface area contributed by atoms with Crippen LogP contribution in [-0.2, 0) is 28.6 Å². The highest BCUT2D eigenvalue weighted by atomic mass is 16.6. The maximum absolute atomic E-state index is 12.9. The third-order valence-electron chi connectivity index (χ3n) is 14.5. The van der Waals surface area contributed by atoms with E-state index in [1.807, 2.05) is 0 Å². The Morgan fingerprint density at radius 1 is 0.280 bits per heavy atom. The van der Waals surface area contributed by atoms with Crippen molar-refractivity contribution in [1.29, 1.82) is 0 Å². The highest BCUT2D eigenvalue weighted by Gasteiger charge is 2.19. The fourth-order valence-electron chi connectivity index (χ4n) is 9.66. The van der Waals surface area contributed by atoms with Crippen molar-refractivity contribution in [2.45, 2.75) is 348 Å². The van der Waals surface area contributed by atoms with Gasteiger partial charge < -0.3 is 14.2 Å². The van der Waals surface area contributed by atoms with Crippen LogP contribution in [0.15, 0.2) is 60.8 Å². The first-order chi connectivity index (χ1) is 37.0. The number of carbonyl (C=O) groups excluding carboxylic acids is 3. The highest BCUT2D eigenvalue weighted by molar-refractivity contribution is 5.71. The van der Waals surface area contributed by atoms with Gasteiger partial charge >= 0.3 is 17.9 Å². The van der Waals surface area contributed by atoms with E-state index in [-0.39, 0.29) is 37.5 Å². The molecule has 0 spiro atoms. The molecular weight excluding hydrogens is 925 g/mol. The molecule has 0 aromatic heterocycles. The Kier molecular flexibility index (Phi) is 61.2. The summed E-state index contributed by atoms with van der Waals surface area (Å²) in [6.45, 7) is 6.53. The van der Waals surface area contributed by atoms with Crippen molar-refractivity contribution in [1.82, 2.24) is 0 Å². The summed E-state index contributed by atoms with van der Waals surface area (Å²) in [4.78, 5) is 38.2. The van der Waals surface area contributed by atoms with Crippen molar-refractivity contribution in [3.05, 3.63) is 60.8 Å². The van der Waals surface area contributed by atoms with E-state index in [1.165, 1.54) is 218 Å². The van der Waals surface area contributed by atoms with Crippen LogP contribution in [0.3, 0.4) is 0 Å². The van der Waals surface area contributed by atoms with E-state index >= 15 is 0 Å². The minimum Gasteiger partial charge on any atom is -0.462 e. The van der Waals surface area contributed by atoms with E-state index in [4.69, 9.17) is 14.2 Å². The number of hydrogen-bond acceptors (Lipinski definition) is 6. The lowest BCUT2D eigenvalue weighted by Gasteiger charge is -2.18. The number of carbonyl (C=O) groups is 3. The number of rotatable bonds is 60. The summed E-state index contributed by atoms with van der Waals surface area (Å²) in [5, 5.41) is 0. The Labute approximate surface area is 466 Å². The molecule has 0 aliphatic carbocycles. The quantitative estimate of drug-likeness (QED) is 0.0261. The maximum atomic E-state index is 12.9. The van der Waals surface area contributed by atoms with Crippen molar-refractivity contribution in [2.75, 3.05) is 13.2 Å². The monoisotopic (exact) mass is 1050 g/mol. The van der Waals surface area contributed by atoms with Crippen LogP contribution >= 0.6 is 0 Å². The zero-order chi connectivity index (χ0) is 54.3. The number of ether oxygens (including phenoxy) is 3. The topological polar surface area (TPSA) is 78.9 Å². The summed E-state index contributed by atoms with van der Waals surface area (Å²) in [5.74, 6) is -0.932. The zero-order valence-electron chi connectivity index (χ0n) is 50.1. The average Bonchev–Trinajstić information content (AvgIpc) is 3.41. The van der Waals surface area contributed by atoms with Gasteiger partial charge in [-0.2, -0.15) is 0 Å². The van der Waals surface area contributed by atoms with Crippen molar-refractivity contribution in [2.24, 2.45) is 0 Å². The maximum Gasteiger partial charge on any atom is 0.306 e. The van der Waals surface area contributed by atoms with Crippen LogP contribution in [0, 0.1) is 0 Å². The van der Waals surface area contributed by atoms with Crippen LogP contribution in [0.5, 0.6) is 0 Å². The molecule has 0 radical (unpaired) electrons. The van der Waals surface area contributed by atoms with Gasteiger partial charge in [-0.05, 0) is 57.8 Å². The van der Waals surface area contributed by atoms with E-state index in [9.17, 15) is 14.4 Å². The number of unbranched alkanes of at least 4 members (excludes halogenated alkanes) is 39. The smallest absolute Gasteiger partial charge is 0.306 e. The summed E-state index contributed by atoms with van der Waals surface area (Å²) >= 11 is 0. The van der Waals surface area contributed by atoms with Crippen molar-refractivity contribution in [3.63, 3.8) is 0 Å². The van der Waals surface area contributed by atoms with E-state index < -0.39 is 6.10 Å². The molecule has 0 N–H and O–H groups in total. The molecule has 1 atom stereocenters. The first-order valence-corrected chi connectivity index (χ1v) is 32.8. The van der Waals surface area contributed by atoms with E-state index in [0.29, 0.717) is 19.3 Å². The highest BCUT2D eigenvalue weighted by Crippen LogP contribution is 2.18. The lowest BCUT2D eigenvalue weighted by molar-refractivity contribution is -0.167. The largest absolute Gasteiger partial charge is 0.462 e. The van der Waals surface area contributed by atoms with Gasteiger partial charge in [0, 0.05) is 19.3 Å². The molecule has 0 bridgehead atoms. The van der Waals surface area contributed by atoms with Crippen molar-refractivity contribution in [3.8, 4) is 0 Å². The van der Waals surface area contributed by atoms with Gasteiger partial charge in [-0.1, -0.05) is 326 Å². The molecule has 1 unspecified atom stereocenters. The van der Waals surface area contributed by atoms with Gasteiger partial charge in [-0.15, -0.1) is 0 Å². The zero-order valence-corrected chi connectivity index (χ0v) is 50.1. The first kappa shape index (κ1) is 72.1. The van der Waals surface area contributed by atoms with Gasteiger partial charge in [0.05, 0.1) is 0 Å². The molecule has 0 saturated heterocycles. The Balaban J connectivity index is 4.26. The van der Waals surface area contributed by atoms with E-state index in [1.54, 1.807) is 0 Å². The normalized spacial score (nSPS) is 12.4. The summed E-state index contributed by atoms with van der Waals surface area (Å²) in [5.41, 5.74) is 0. The fourth-order valence-corrected chi connectivity index (χ4v) is 9.66. The third kappa shape index (κ3) is 61.8. The molecular formula is C69H124O6. The first-order valence-electron chi connectivity index (χ1n) is 32.8. The van der Waals surface area contributed by atoms with Crippen LogP contribution < -0.4 is 0 Å². The Bertz CT molecular complexity index is 1340. The van der Waals surface area contributed by atoms with Gasteiger partial charge in [0.1, 0.15) is 13.2 Å². The molecule has 0 saturated carbocycles. The van der Waals surface area contributed by atoms with Gasteiger partial charge in [0.2, 0.25) is 0 Å². The van der Waals surface area contributed by atoms with Crippen LogP contribution in [-0.4, -0.2) is 37.2 Å². The van der Waals surface area contributed by atoms with Gasteiger partial charge in [-0.25, -0.2) is 0 Å². The third-order valence-corrected chi connectivity index (χ3v) is 14.5. The molecule has 6 heteroatoms. The van der Waals surface area contributed by atoms with Crippen LogP contribution in [0.1, 0.15) is 342 Å². The van der Waals surface area contributed by atoms with Crippen molar-refractivity contribution < 1.29 is 28.6 Å². The molecule has 0 aliphatic heterocycles. The predicted octanol–water partition coefficient (Wildman–Crippen LogP) is 22.3. The molecule has 0 heterocycles. The molecule has 0 fully saturated rings. The second-order valence-electron chi connectivity index (χ2n) is 22.0. The molecule has 0 aromatic rings. The molecule has 436 valence electrons. The molecule has 0 aromatic carbocycles. The summed E-state index contributed by atoms with van der Waals surface area (Å²) in [6, 6.07) is 0. The standard InChI is InChI=1S/C69H124O6/c1-4-7-10-13-16-19-22-25-27-29-30-31-32-33-34-35-36-37-38-40-41-44-47-50-53-56-59-62-68(71)74-65-66(64-73-67(70)61-58-55-52-49-46-43-24-21-18-15-12-9-6-3)75-69(72)63-60-57-54-51-48-45-42-39-28-26-23-20-17-14-11-8-5-2/h8,11,17,20,26,28,42,45,51,54,66H,4-7,9-10,12-16,18-19,21-25,27,29-41,43-44,46-50,52-53,55-65H2,1-3H3/b11-8-,20-17-,28-26-,45-42-,54-51-. The van der Waals surface area contributed by atoms with Crippen molar-refractivity contribution >= 4 is 17.9 Å². The van der Waals surface area contributed by atoms with Crippen LogP contribution in [0.2, 0.25) is 0 Å². The molecule has 0 rings (SSSR count). The number of esters is 3. The van der Waals surface area contributed by atoms with Crippen LogP contribution in [0.4, 0.5) is 0 Å². The Morgan fingerprint density at radius 3 is 0.800 bits per heavy atom. The summed E-state index contributed by atoms with van der Waals surface area (Å²) in [7, 11) is 0. The van der Waals surface area contributed by atoms with Gasteiger partial charge in [0.25, 0.3) is 0 Å². The SMILES string of the molecule is CC/C=C\C/C=C\C/C=C\C/C=C\C/C=C\CCCC(=O)OC(COC(=O)CCCCCCCCCCCCCCC)COC(=O)CCCCCCCCCCCCCCCCCCCCCCCCCCCCC.